The highest BCUT2D eigenvalue weighted by Gasteiger charge is 2.13. The summed E-state index contributed by atoms with van der Waals surface area (Å²) in [6.07, 6.45) is 3.94. The van der Waals surface area contributed by atoms with E-state index in [1.54, 1.807) is 0 Å². The smallest absolute Gasteiger partial charge is 0.0588 e. The first kappa shape index (κ1) is 7.32. The van der Waals surface area contributed by atoms with Crippen LogP contribution in [-0.4, -0.2) is 19.3 Å². The molecule has 54 valence electrons. The van der Waals surface area contributed by atoms with Crippen LogP contribution >= 0.6 is 11.8 Å². The Morgan fingerprint density at radius 2 is 2.56 bits per heavy atom. The predicted molar refractivity (Wildman–Crippen MR) is 37.4 cm³/mol. The maximum atomic E-state index is 5.36. The van der Waals surface area contributed by atoms with E-state index in [-0.39, 0.29) is 0 Å². The van der Waals surface area contributed by atoms with Gasteiger partial charge in [-0.25, -0.2) is 4.84 Å². The van der Waals surface area contributed by atoms with Crippen molar-refractivity contribution in [1.82, 2.24) is 4.84 Å². The molecule has 0 aromatic heterocycles. The Morgan fingerprint density at radius 3 is 3.11 bits per heavy atom. The highest BCUT2D eigenvalue weighted by molar-refractivity contribution is 6.13. The number of rotatable bonds is 3. The quantitative estimate of drug-likeness (QED) is 0.611. The average Bonchev–Trinajstić information content (AvgIpc) is 2.34. The zero-order valence-corrected chi connectivity index (χ0v) is 6.16. The molecule has 1 fully saturated rings. The Hall–Kier alpha value is 0.210. The number of halogens is 1. The van der Waals surface area contributed by atoms with Gasteiger partial charge >= 0.3 is 0 Å². The van der Waals surface area contributed by atoms with Crippen molar-refractivity contribution >= 4 is 11.8 Å². The van der Waals surface area contributed by atoms with Gasteiger partial charge in [0.25, 0.3) is 0 Å². The van der Waals surface area contributed by atoms with Gasteiger partial charge in [0.05, 0.1) is 6.10 Å². The molecular formula is C6H12ClNO. The van der Waals surface area contributed by atoms with Gasteiger partial charge in [0.1, 0.15) is 0 Å². The first-order valence-electron chi connectivity index (χ1n) is 3.38. The van der Waals surface area contributed by atoms with Crippen molar-refractivity contribution in [2.24, 2.45) is 0 Å². The lowest BCUT2D eigenvalue weighted by Crippen LogP contribution is -2.12. The summed E-state index contributed by atoms with van der Waals surface area (Å²) in [7, 11) is 0. The molecule has 1 atom stereocenters. The van der Waals surface area contributed by atoms with Gasteiger partial charge in [-0.05, 0) is 31.0 Å². The summed E-state index contributed by atoms with van der Waals surface area (Å²) in [6, 6.07) is 0. The Morgan fingerprint density at radius 1 is 1.67 bits per heavy atom. The molecule has 0 radical (unpaired) electrons. The second-order valence-electron chi connectivity index (χ2n) is 2.31. The standard InChI is InChI=1S/C6H12ClNO/c7-8-4-3-6-2-1-5-9-6/h6,8H,1-5H2. The number of hydrogen-bond acceptors (Lipinski definition) is 2. The van der Waals surface area contributed by atoms with Crippen LogP contribution in [0.2, 0.25) is 0 Å². The molecule has 0 aromatic rings. The van der Waals surface area contributed by atoms with Crippen LogP contribution in [0.5, 0.6) is 0 Å². The van der Waals surface area contributed by atoms with Gasteiger partial charge in [0.15, 0.2) is 0 Å². The van der Waals surface area contributed by atoms with Crippen molar-refractivity contribution in [1.29, 1.82) is 0 Å². The minimum Gasteiger partial charge on any atom is -0.378 e. The van der Waals surface area contributed by atoms with Crippen molar-refractivity contribution in [2.45, 2.75) is 25.4 Å². The van der Waals surface area contributed by atoms with Gasteiger partial charge in [0, 0.05) is 13.2 Å². The summed E-state index contributed by atoms with van der Waals surface area (Å²) < 4.78 is 5.36. The van der Waals surface area contributed by atoms with Crippen LogP contribution in [0.25, 0.3) is 0 Å². The van der Waals surface area contributed by atoms with Gasteiger partial charge in [-0.3, -0.25) is 0 Å². The molecule has 0 bridgehead atoms. The maximum absolute atomic E-state index is 5.36. The topological polar surface area (TPSA) is 21.3 Å². The van der Waals surface area contributed by atoms with Crippen molar-refractivity contribution < 1.29 is 4.74 Å². The Labute approximate surface area is 60.6 Å². The first-order valence-corrected chi connectivity index (χ1v) is 3.76. The van der Waals surface area contributed by atoms with Crippen LogP contribution in [0.4, 0.5) is 0 Å². The minimum atomic E-state index is 0.469. The molecule has 1 aliphatic rings. The molecule has 0 spiro atoms. The SMILES string of the molecule is ClNCCC1CCCO1. The summed E-state index contributed by atoms with van der Waals surface area (Å²) in [5.74, 6) is 0. The zero-order chi connectivity index (χ0) is 6.53. The Bertz CT molecular complexity index is 73.5. The average molecular weight is 150 g/mol. The van der Waals surface area contributed by atoms with Crippen LogP contribution in [0.3, 0.4) is 0 Å². The van der Waals surface area contributed by atoms with Crippen molar-refractivity contribution in [2.75, 3.05) is 13.2 Å². The predicted octanol–water partition coefficient (Wildman–Crippen LogP) is 1.30. The largest absolute Gasteiger partial charge is 0.378 e. The third kappa shape index (κ3) is 2.52. The van der Waals surface area contributed by atoms with E-state index in [1.165, 1.54) is 12.8 Å². The molecule has 1 N–H and O–H groups in total. The van der Waals surface area contributed by atoms with E-state index in [9.17, 15) is 0 Å². The van der Waals surface area contributed by atoms with Gasteiger partial charge in [-0.2, -0.15) is 0 Å². The van der Waals surface area contributed by atoms with E-state index in [0.29, 0.717) is 6.10 Å². The lowest BCUT2D eigenvalue weighted by molar-refractivity contribution is 0.105. The molecule has 0 aliphatic carbocycles. The molecule has 0 aromatic carbocycles. The van der Waals surface area contributed by atoms with E-state index in [0.717, 1.165) is 19.6 Å². The van der Waals surface area contributed by atoms with E-state index in [2.05, 4.69) is 4.84 Å². The van der Waals surface area contributed by atoms with Crippen LogP contribution in [0.15, 0.2) is 0 Å². The van der Waals surface area contributed by atoms with Crippen LogP contribution in [0.1, 0.15) is 19.3 Å². The highest BCUT2D eigenvalue weighted by atomic mass is 35.5. The normalized spacial score (nSPS) is 27.0. The third-order valence-corrected chi connectivity index (χ3v) is 1.77. The molecule has 1 unspecified atom stereocenters. The molecule has 9 heavy (non-hydrogen) atoms. The van der Waals surface area contributed by atoms with Gasteiger partial charge in [-0.15, -0.1) is 0 Å². The minimum absolute atomic E-state index is 0.469. The molecule has 0 amide bonds. The summed E-state index contributed by atoms with van der Waals surface area (Å²) in [4.78, 5) is 2.59. The summed E-state index contributed by atoms with van der Waals surface area (Å²) >= 11 is 5.27. The second kappa shape index (κ2) is 4.09. The zero-order valence-electron chi connectivity index (χ0n) is 5.40. The first-order chi connectivity index (χ1) is 4.43. The molecule has 1 rings (SSSR count). The third-order valence-electron chi connectivity index (χ3n) is 1.58. The summed E-state index contributed by atoms with van der Waals surface area (Å²) in [5.41, 5.74) is 0. The number of nitrogens with one attached hydrogen (secondary N) is 1. The molecule has 1 saturated heterocycles. The van der Waals surface area contributed by atoms with E-state index in [1.807, 2.05) is 0 Å². The van der Waals surface area contributed by atoms with Crippen LogP contribution < -0.4 is 4.84 Å². The van der Waals surface area contributed by atoms with E-state index >= 15 is 0 Å². The number of hydrogen-bond donors (Lipinski definition) is 1. The van der Waals surface area contributed by atoms with Crippen LogP contribution in [0, 0.1) is 0 Å². The molecule has 0 saturated carbocycles. The lowest BCUT2D eigenvalue weighted by Gasteiger charge is -2.05. The Kier molecular flexibility index (Phi) is 3.33. The monoisotopic (exact) mass is 149 g/mol. The second-order valence-corrected chi connectivity index (χ2v) is 2.57. The van der Waals surface area contributed by atoms with Crippen LogP contribution in [-0.2, 0) is 4.74 Å². The molecule has 3 heteroatoms. The summed E-state index contributed by atoms with van der Waals surface area (Å²) in [5, 5.41) is 0. The van der Waals surface area contributed by atoms with Gasteiger partial charge in [-0.1, -0.05) is 0 Å². The fraction of sp³-hybridized carbons (Fsp3) is 1.00. The van der Waals surface area contributed by atoms with E-state index in [4.69, 9.17) is 16.5 Å². The molecule has 2 nitrogen and oxygen atoms in total. The van der Waals surface area contributed by atoms with E-state index < -0.39 is 0 Å². The lowest BCUT2D eigenvalue weighted by atomic mass is 10.2. The summed E-state index contributed by atoms with van der Waals surface area (Å²) in [6.45, 7) is 1.79. The molecular weight excluding hydrogens is 138 g/mol. The molecule has 1 heterocycles. The van der Waals surface area contributed by atoms with Gasteiger partial charge < -0.3 is 4.74 Å². The van der Waals surface area contributed by atoms with Crippen molar-refractivity contribution in [3.8, 4) is 0 Å². The molecule has 1 aliphatic heterocycles. The highest BCUT2D eigenvalue weighted by Crippen LogP contribution is 2.14. The van der Waals surface area contributed by atoms with Gasteiger partial charge in [0.2, 0.25) is 0 Å². The Balaban J connectivity index is 1.98. The maximum Gasteiger partial charge on any atom is 0.0588 e. The fourth-order valence-electron chi connectivity index (χ4n) is 1.09. The number of ether oxygens (including phenoxy) is 1. The fourth-order valence-corrected chi connectivity index (χ4v) is 1.20. The van der Waals surface area contributed by atoms with Crippen molar-refractivity contribution in [3.63, 3.8) is 0 Å². The van der Waals surface area contributed by atoms with Crippen molar-refractivity contribution in [3.05, 3.63) is 0 Å².